The highest BCUT2D eigenvalue weighted by atomic mass is 16.8. The fourth-order valence-corrected chi connectivity index (χ4v) is 9.57. The number of carbonyl (C=O) groups is 2. The molecule has 0 bridgehead atoms. The van der Waals surface area contributed by atoms with Gasteiger partial charge in [0, 0.05) is 46.8 Å². The van der Waals surface area contributed by atoms with Crippen LogP contribution in [0, 0.1) is 23.7 Å². The zero-order chi connectivity index (χ0) is 46.0. The quantitative estimate of drug-likeness (QED) is 0.0777. The van der Waals surface area contributed by atoms with Crippen LogP contribution in [-0.2, 0) is 53.9 Å². The number of nitrogens with zero attached hydrogens (tertiary/aromatic N) is 1. The molecule has 0 saturated carbocycles. The van der Waals surface area contributed by atoms with E-state index in [4.69, 9.17) is 37.9 Å². The maximum absolute atomic E-state index is 13.5. The zero-order valence-corrected chi connectivity index (χ0v) is 35.4. The highest BCUT2D eigenvalue weighted by molar-refractivity contribution is 5.89. The van der Waals surface area contributed by atoms with Crippen molar-refractivity contribution in [1.82, 2.24) is 9.88 Å². The standard InChI is InChI=1S/C44H58N2O18/c1-5-20-22(26(39(55)57-3)18-59-41(20)63-43-37(53)35(51)33(49)30(16-47)61-43)11-13-46-14-12-24-23-9-7-8-10-28(23)45-32(24)29(46)15-25-21(6-2)42(60-19-27(25)40(56)58-4)64-44-38(54)36(52)34(50)31(17-48)62-44/h5-10,18-22,25,29-31,33-38,41-45,47-54H,1-2,11-17H2,3-4H3/t20-,21-,22-,25-,29-,30+,31+,33+,34+,35+,36-,37-,38-,41+,42+,43-,44-/m0/s1. The first-order chi connectivity index (χ1) is 30.8. The Labute approximate surface area is 368 Å². The SMILES string of the molecule is C=C[C@@H]1[C@@H](O[C@@H]2O[C@H](CO)[C@@H](O)[C@H](O)[C@@H]2O)OC=C(C(=O)OC)[C@H]1C[C@H]1c2[nH]c3ccccc3c2CCN1CC[C@@H]1C(C(=O)OC)=CO[C@H](O[C@@H]2O[C@H](CO)[C@@H](O)[C@@H](O)[C@@H]2O)[C@H]1C=C. The molecule has 9 N–H and O–H groups in total. The number of aromatic nitrogens is 1. The number of ether oxygens (including phenoxy) is 8. The van der Waals surface area contributed by atoms with E-state index in [1.165, 1.54) is 26.7 Å². The lowest BCUT2D eigenvalue weighted by atomic mass is 9.77. The van der Waals surface area contributed by atoms with Crippen LogP contribution >= 0.6 is 0 Å². The highest BCUT2D eigenvalue weighted by Gasteiger charge is 2.50. The van der Waals surface area contributed by atoms with E-state index >= 15 is 0 Å². The van der Waals surface area contributed by atoms with Gasteiger partial charge in [0.25, 0.3) is 0 Å². The third-order valence-corrected chi connectivity index (χ3v) is 13.1. The molecule has 352 valence electrons. The summed E-state index contributed by atoms with van der Waals surface area (Å²) in [5, 5.41) is 83.8. The molecule has 0 spiro atoms. The van der Waals surface area contributed by atoms with Gasteiger partial charge in [0.2, 0.25) is 12.6 Å². The summed E-state index contributed by atoms with van der Waals surface area (Å²) >= 11 is 0. The van der Waals surface area contributed by atoms with Crippen LogP contribution < -0.4 is 0 Å². The topological polar surface area (TPSA) is 289 Å². The number of aliphatic hydroxyl groups is 8. The van der Waals surface area contributed by atoms with Crippen molar-refractivity contribution >= 4 is 22.8 Å². The van der Waals surface area contributed by atoms with Crippen LogP contribution in [0.2, 0.25) is 0 Å². The van der Waals surface area contributed by atoms with Crippen LogP contribution in [0.5, 0.6) is 0 Å². The number of rotatable bonds is 15. The van der Waals surface area contributed by atoms with Crippen molar-refractivity contribution in [2.45, 2.75) is 99.3 Å². The predicted octanol–water partition coefficient (Wildman–Crippen LogP) is -0.856. The second-order valence-electron chi connectivity index (χ2n) is 16.5. The molecule has 0 radical (unpaired) electrons. The Hall–Kier alpha value is -4.26. The van der Waals surface area contributed by atoms with Crippen LogP contribution in [0.4, 0.5) is 0 Å². The van der Waals surface area contributed by atoms with Crippen LogP contribution in [0.3, 0.4) is 0 Å². The summed E-state index contributed by atoms with van der Waals surface area (Å²) < 4.78 is 45.5. The highest BCUT2D eigenvalue weighted by Crippen LogP contribution is 2.46. The molecule has 1 aromatic carbocycles. The number of H-pyrrole nitrogens is 1. The molecule has 2 aromatic rings. The van der Waals surface area contributed by atoms with Gasteiger partial charge in [-0.2, -0.15) is 0 Å². The number of carbonyl (C=O) groups excluding carboxylic acids is 2. The number of hydrogen-bond acceptors (Lipinski definition) is 19. The second kappa shape index (κ2) is 20.5. The summed E-state index contributed by atoms with van der Waals surface area (Å²) in [4.78, 5) is 32.6. The van der Waals surface area contributed by atoms with Crippen LogP contribution in [-0.4, -0.2) is 177 Å². The Morgan fingerprint density at radius 2 is 1.27 bits per heavy atom. The van der Waals surface area contributed by atoms with Crippen LogP contribution in [0.1, 0.15) is 30.1 Å². The van der Waals surface area contributed by atoms with Gasteiger partial charge in [0.15, 0.2) is 12.6 Å². The molecule has 2 fully saturated rings. The van der Waals surface area contributed by atoms with Gasteiger partial charge in [-0.25, -0.2) is 9.59 Å². The number of para-hydroxylation sites is 1. The minimum Gasteiger partial charge on any atom is -0.471 e. The van der Waals surface area contributed by atoms with E-state index in [0.717, 1.165) is 22.2 Å². The Morgan fingerprint density at radius 3 is 1.78 bits per heavy atom. The second-order valence-corrected chi connectivity index (χ2v) is 16.5. The smallest absolute Gasteiger partial charge is 0.337 e. The van der Waals surface area contributed by atoms with Gasteiger partial charge in [-0.15, -0.1) is 13.2 Å². The summed E-state index contributed by atoms with van der Waals surface area (Å²) in [7, 11) is 2.48. The molecule has 64 heavy (non-hydrogen) atoms. The number of aromatic amines is 1. The minimum atomic E-state index is -1.73. The van der Waals surface area contributed by atoms with E-state index < -0.39 is 129 Å². The van der Waals surface area contributed by atoms with Gasteiger partial charge in [-0.05, 0) is 37.4 Å². The Morgan fingerprint density at radius 1 is 0.750 bits per heavy atom. The van der Waals surface area contributed by atoms with E-state index in [2.05, 4.69) is 23.0 Å². The van der Waals surface area contributed by atoms with Crippen molar-refractivity contribution in [2.24, 2.45) is 23.7 Å². The van der Waals surface area contributed by atoms with E-state index in [1.54, 1.807) is 12.2 Å². The third-order valence-electron chi connectivity index (χ3n) is 13.1. The van der Waals surface area contributed by atoms with E-state index in [1.807, 2.05) is 24.3 Å². The lowest BCUT2D eigenvalue weighted by molar-refractivity contribution is -0.339. The molecule has 7 rings (SSSR count). The number of aliphatic hydroxyl groups excluding tert-OH is 8. The first-order valence-corrected chi connectivity index (χ1v) is 21.2. The third kappa shape index (κ3) is 9.12. The largest absolute Gasteiger partial charge is 0.471 e. The van der Waals surface area contributed by atoms with Gasteiger partial charge in [-0.3, -0.25) is 4.90 Å². The summed E-state index contributed by atoms with van der Waals surface area (Å²) in [5.41, 5.74) is 3.22. The van der Waals surface area contributed by atoms with Gasteiger partial charge >= 0.3 is 11.9 Å². The average Bonchev–Trinajstić information content (AvgIpc) is 3.70. The van der Waals surface area contributed by atoms with Crippen molar-refractivity contribution in [1.29, 1.82) is 0 Å². The molecule has 0 unspecified atom stereocenters. The molecule has 20 heteroatoms. The van der Waals surface area contributed by atoms with Gasteiger partial charge in [-0.1, -0.05) is 30.4 Å². The first-order valence-electron chi connectivity index (χ1n) is 21.2. The van der Waals surface area contributed by atoms with Crippen LogP contribution in [0.25, 0.3) is 10.9 Å². The molecule has 20 nitrogen and oxygen atoms in total. The maximum Gasteiger partial charge on any atom is 0.337 e. The molecular weight excluding hydrogens is 844 g/mol. The lowest BCUT2D eigenvalue weighted by Crippen LogP contribution is -2.60. The normalized spacial score (nSPS) is 37.9. The summed E-state index contributed by atoms with van der Waals surface area (Å²) in [6.45, 7) is 7.58. The number of benzene rings is 1. The molecule has 2 saturated heterocycles. The molecule has 1 aromatic heterocycles. The van der Waals surface area contributed by atoms with Crippen molar-refractivity contribution in [3.05, 3.63) is 84.5 Å². The van der Waals surface area contributed by atoms with Crippen molar-refractivity contribution in [3.8, 4) is 0 Å². The Balaban J connectivity index is 1.19. The molecule has 0 amide bonds. The fourth-order valence-electron chi connectivity index (χ4n) is 9.57. The van der Waals surface area contributed by atoms with E-state index in [0.29, 0.717) is 25.9 Å². The number of nitrogens with one attached hydrogen (secondary N) is 1. The zero-order valence-electron chi connectivity index (χ0n) is 35.4. The molecular formula is C44H58N2O18. The van der Waals surface area contributed by atoms with E-state index in [9.17, 15) is 50.4 Å². The number of hydrogen-bond donors (Lipinski definition) is 9. The van der Waals surface area contributed by atoms with Gasteiger partial charge in [0.05, 0.1) is 57.1 Å². The van der Waals surface area contributed by atoms with Crippen molar-refractivity contribution in [3.63, 3.8) is 0 Å². The van der Waals surface area contributed by atoms with Gasteiger partial charge in [0.1, 0.15) is 48.8 Å². The summed E-state index contributed by atoms with van der Waals surface area (Å²) in [5.74, 6) is -4.23. The summed E-state index contributed by atoms with van der Waals surface area (Å²) in [6.07, 6.45) is -11.4. The number of methoxy groups -OCH3 is 2. The predicted molar refractivity (Wildman–Crippen MR) is 220 cm³/mol. The molecule has 0 aliphatic carbocycles. The average molecular weight is 903 g/mol. The minimum absolute atomic E-state index is 0.171. The lowest BCUT2D eigenvalue weighted by Gasteiger charge is -2.45. The molecule has 17 atom stereocenters. The van der Waals surface area contributed by atoms with Crippen molar-refractivity contribution in [2.75, 3.05) is 40.5 Å². The van der Waals surface area contributed by atoms with E-state index in [-0.39, 0.29) is 17.6 Å². The monoisotopic (exact) mass is 902 g/mol. The maximum atomic E-state index is 13.5. The Kier molecular flexibility index (Phi) is 15.3. The molecule has 5 aliphatic heterocycles. The molecule has 5 aliphatic rings. The molecule has 6 heterocycles. The Bertz CT molecular complexity index is 2040. The fraction of sp³-hybridized carbons (Fsp3) is 0.591. The van der Waals surface area contributed by atoms with Gasteiger partial charge < -0.3 is 83.7 Å². The number of fused-ring (bicyclic) bond motifs is 3. The number of esters is 2. The summed E-state index contributed by atoms with van der Waals surface area (Å²) in [6, 6.07) is 7.44. The first kappa shape index (κ1) is 47.7. The van der Waals surface area contributed by atoms with Crippen molar-refractivity contribution < 1.29 is 88.3 Å². The van der Waals surface area contributed by atoms with Crippen LogP contribution in [0.15, 0.2) is 73.2 Å².